The molecule has 2 amide bonds. The summed E-state index contributed by atoms with van der Waals surface area (Å²) < 4.78 is 5.34. The molecule has 0 radical (unpaired) electrons. The van der Waals surface area contributed by atoms with E-state index in [0.29, 0.717) is 9.23 Å². The zero-order chi connectivity index (χ0) is 19.9. The number of benzene rings is 1. The lowest BCUT2D eigenvalue weighted by molar-refractivity contribution is -0.148. The molecule has 2 fully saturated rings. The molecule has 0 aromatic heterocycles. The van der Waals surface area contributed by atoms with E-state index in [0.717, 1.165) is 18.4 Å². The van der Waals surface area contributed by atoms with Crippen LogP contribution in [0, 0.1) is 0 Å². The number of esters is 1. The highest BCUT2D eigenvalue weighted by Gasteiger charge is 2.32. The summed E-state index contributed by atoms with van der Waals surface area (Å²) in [6, 6.07) is 9.97. The Morgan fingerprint density at radius 1 is 1.29 bits per heavy atom. The van der Waals surface area contributed by atoms with Crippen molar-refractivity contribution < 1.29 is 19.1 Å². The Kier molecular flexibility index (Phi) is 7.00. The maximum absolute atomic E-state index is 12.5. The Morgan fingerprint density at radius 3 is 2.75 bits per heavy atom. The van der Waals surface area contributed by atoms with Crippen molar-refractivity contribution in [3.8, 4) is 0 Å². The van der Waals surface area contributed by atoms with Crippen LogP contribution in [0.1, 0.15) is 24.8 Å². The largest absolute Gasteiger partial charge is 0.456 e. The summed E-state index contributed by atoms with van der Waals surface area (Å²) in [5.74, 6) is -1.06. The standard InChI is InChI=1S/C20H20N2O4S2/c23-17(21-15-9-10-15)13-26-18(24)11-12-22-19(25)16(28-20(22)27)8-4-7-14-5-2-1-3-6-14/h1-8,15H,9-13H2,(H,21,23)/b7-4+,16-8-. The number of allylic oxidation sites excluding steroid dienone is 2. The summed E-state index contributed by atoms with van der Waals surface area (Å²) in [5.41, 5.74) is 1.03. The second-order valence-corrected chi connectivity index (χ2v) is 8.05. The molecule has 1 aliphatic heterocycles. The molecule has 1 heterocycles. The van der Waals surface area contributed by atoms with Gasteiger partial charge >= 0.3 is 5.97 Å². The molecule has 3 rings (SSSR count). The number of hydrogen-bond donors (Lipinski definition) is 1. The maximum Gasteiger partial charge on any atom is 0.308 e. The van der Waals surface area contributed by atoms with Gasteiger partial charge in [-0.25, -0.2) is 0 Å². The molecule has 6 nitrogen and oxygen atoms in total. The number of thioether (sulfide) groups is 1. The van der Waals surface area contributed by atoms with Crippen LogP contribution in [-0.4, -0.2) is 46.2 Å². The first-order valence-corrected chi connectivity index (χ1v) is 10.2. The fraction of sp³-hybridized carbons (Fsp3) is 0.300. The monoisotopic (exact) mass is 416 g/mol. The highest BCUT2D eigenvalue weighted by molar-refractivity contribution is 8.26. The number of nitrogens with one attached hydrogen (secondary N) is 1. The minimum absolute atomic E-state index is 0.0176. The lowest BCUT2D eigenvalue weighted by Crippen LogP contribution is -2.33. The minimum Gasteiger partial charge on any atom is -0.456 e. The normalized spacial score (nSPS) is 18.1. The van der Waals surface area contributed by atoms with Gasteiger partial charge in [-0.3, -0.25) is 19.3 Å². The minimum atomic E-state index is -0.534. The Morgan fingerprint density at radius 2 is 2.04 bits per heavy atom. The van der Waals surface area contributed by atoms with E-state index in [9.17, 15) is 14.4 Å². The Labute approximate surface area is 173 Å². The van der Waals surface area contributed by atoms with Crippen LogP contribution < -0.4 is 5.32 Å². The van der Waals surface area contributed by atoms with Gasteiger partial charge in [0.1, 0.15) is 4.32 Å². The van der Waals surface area contributed by atoms with Crippen molar-refractivity contribution >= 4 is 52.2 Å². The number of nitrogens with zero attached hydrogens (tertiary/aromatic N) is 1. The fourth-order valence-corrected chi connectivity index (χ4v) is 3.70. The Balaban J connectivity index is 1.45. The molecule has 1 saturated carbocycles. The number of carbonyl (C=O) groups excluding carboxylic acids is 3. The Bertz CT molecular complexity index is 832. The van der Waals surface area contributed by atoms with Gasteiger partial charge in [0.25, 0.3) is 11.8 Å². The van der Waals surface area contributed by atoms with E-state index >= 15 is 0 Å². The average molecular weight is 417 g/mol. The molecular formula is C20H20N2O4S2. The topological polar surface area (TPSA) is 75.7 Å². The summed E-state index contributed by atoms with van der Waals surface area (Å²) >= 11 is 6.44. The lowest BCUT2D eigenvalue weighted by Gasteiger charge is -2.13. The van der Waals surface area contributed by atoms with Gasteiger partial charge in [0, 0.05) is 12.6 Å². The van der Waals surface area contributed by atoms with Crippen LogP contribution in [0.5, 0.6) is 0 Å². The van der Waals surface area contributed by atoms with E-state index in [1.165, 1.54) is 16.7 Å². The lowest BCUT2D eigenvalue weighted by atomic mass is 10.2. The summed E-state index contributed by atoms with van der Waals surface area (Å²) in [5, 5.41) is 2.74. The van der Waals surface area contributed by atoms with E-state index in [4.69, 9.17) is 17.0 Å². The van der Waals surface area contributed by atoms with Gasteiger partial charge in [-0.2, -0.15) is 0 Å². The highest BCUT2D eigenvalue weighted by atomic mass is 32.2. The molecule has 1 N–H and O–H groups in total. The average Bonchev–Trinajstić information content (AvgIpc) is 3.45. The number of hydrogen-bond acceptors (Lipinski definition) is 6. The molecule has 28 heavy (non-hydrogen) atoms. The van der Waals surface area contributed by atoms with Crippen molar-refractivity contribution in [3.63, 3.8) is 0 Å². The van der Waals surface area contributed by atoms with Gasteiger partial charge in [0.2, 0.25) is 0 Å². The van der Waals surface area contributed by atoms with Crippen molar-refractivity contribution in [1.29, 1.82) is 0 Å². The van der Waals surface area contributed by atoms with Crippen LogP contribution in [0.15, 0.2) is 47.4 Å². The Hall–Kier alpha value is -2.45. The van der Waals surface area contributed by atoms with Crippen molar-refractivity contribution in [3.05, 3.63) is 53.0 Å². The van der Waals surface area contributed by atoms with Crippen molar-refractivity contribution in [2.24, 2.45) is 0 Å². The molecule has 1 saturated heterocycles. The van der Waals surface area contributed by atoms with Gasteiger partial charge in [0.05, 0.1) is 11.3 Å². The zero-order valence-corrected chi connectivity index (χ0v) is 16.8. The second kappa shape index (κ2) is 9.66. The molecule has 0 bridgehead atoms. The number of ether oxygens (including phenoxy) is 1. The zero-order valence-electron chi connectivity index (χ0n) is 15.1. The van der Waals surface area contributed by atoms with Crippen molar-refractivity contribution in [1.82, 2.24) is 10.2 Å². The molecule has 1 aliphatic carbocycles. The third-order valence-corrected chi connectivity index (χ3v) is 5.45. The molecule has 2 aliphatic rings. The quantitative estimate of drug-likeness (QED) is 0.399. The fourth-order valence-electron chi connectivity index (χ4n) is 2.44. The summed E-state index contributed by atoms with van der Waals surface area (Å²) in [4.78, 5) is 37.7. The number of amides is 2. The smallest absolute Gasteiger partial charge is 0.308 e. The predicted octanol–water partition coefficient (Wildman–Crippen LogP) is 2.66. The van der Waals surface area contributed by atoms with Crippen LogP contribution in [0.2, 0.25) is 0 Å². The number of thiocarbonyl (C=S) groups is 1. The first-order valence-electron chi connectivity index (χ1n) is 8.95. The second-order valence-electron chi connectivity index (χ2n) is 6.38. The molecule has 0 unspecified atom stereocenters. The molecule has 0 spiro atoms. The van der Waals surface area contributed by atoms with E-state index in [-0.39, 0.29) is 37.4 Å². The van der Waals surface area contributed by atoms with E-state index in [1.54, 1.807) is 12.2 Å². The van der Waals surface area contributed by atoms with Crippen LogP contribution in [-0.2, 0) is 19.1 Å². The van der Waals surface area contributed by atoms with Crippen molar-refractivity contribution in [2.45, 2.75) is 25.3 Å². The first kappa shape index (κ1) is 20.3. The van der Waals surface area contributed by atoms with Gasteiger partial charge < -0.3 is 10.1 Å². The van der Waals surface area contributed by atoms with Crippen LogP contribution in [0.25, 0.3) is 6.08 Å². The van der Waals surface area contributed by atoms with Gasteiger partial charge in [-0.15, -0.1) is 0 Å². The number of carbonyl (C=O) groups is 3. The molecule has 146 valence electrons. The summed E-state index contributed by atoms with van der Waals surface area (Å²) in [6.45, 7) is -0.161. The molecular weight excluding hydrogens is 396 g/mol. The maximum atomic E-state index is 12.5. The molecule has 0 atom stereocenters. The van der Waals surface area contributed by atoms with Gasteiger partial charge in [-0.1, -0.05) is 66.5 Å². The van der Waals surface area contributed by atoms with Crippen LogP contribution in [0.3, 0.4) is 0 Å². The third-order valence-electron chi connectivity index (χ3n) is 4.06. The van der Waals surface area contributed by atoms with E-state index < -0.39 is 5.97 Å². The van der Waals surface area contributed by atoms with Crippen molar-refractivity contribution in [2.75, 3.05) is 13.2 Å². The summed E-state index contributed by atoms with van der Waals surface area (Å²) in [6.07, 6.45) is 7.35. The predicted molar refractivity (Wildman–Crippen MR) is 112 cm³/mol. The SMILES string of the molecule is O=C(COC(=O)CCN1C(=O)/C(=C/C=C/c2ccccc2)SC1=S)NC1CC1. The third kappa shape index (κ3) is 6.03. The molecule has 1 aromatic rings. The number of rotatable bonds is 8. The summed E-state index contributed by atoms with van der Waals surface area (Å²) in [7, 11) is 0. The first-order chi connectivity index (χ1) is 13.5. The van der Waals surface area contributed by atoms with E-state index in [2.05, 4.69) is 5.32 Å². The van der Waals surface area contributed by atoms with Crippen LogP contribution in [0.4, 0.5) is 0 Å². The van der Waals surface area contributed by atoms with Gasteiger partial charge in [0.15, 0.2) is 6.61 Å². The molecule has 1 aromatic carbocycles. The molecule has 8 heteroatoms. The highest BCUT2D eigenvalue weighted by Crippen LogP contribution is 2.31. The van der Waals surface area contributed by atoms with Crippen LogP contribution >= 0.6 is 24.0 Å². The van der Waals surface area contributed by atoms with Gasteiger partial charge in [-0.05, 0) is 24.5 Å². The van der Waals surface area contributed by atoms with E-state index in [1.807, 2.05) is 36.4 Å².